The molecule has 0 amide bonds. The molecule has 0 saturated carbocycles. The van der Waals surface area contributed by atoms with Gasteiger partial charge in [-0.1, -0.05) is 31.2 Å². The summed E-state index contributed by atoms with van der Waals surface area (Å²) < 4.78 is 61.8. The van der Waals surface area contributed by atoms with E-state index in [9.17, 15) is 22.7 Å². The minimum atomic E-state index is -3.92. The minimum absolute atomic E-state index is 0.0384. The lowest BCUT2D eigenvalue weighted by atomic mass is 9.91. The van der Waals surface area contributed by atoms with E-state index in [1.54, 1.807) is 24.3 Å². The predicted molar refractivity (Wildman–Crippen MR) is 151 cm³/mol. The quantitative estimate of drug-likeness (QED) is 0.162. The number of carbonyl (C=O) groups is 1. The standard InChI is InChI=1S/C30H27F2N3O6S/c1-3-42(39,40)28-20-11-12-33-24(20)15-23(32)27(28)41-19-8-9-22(31)21(14-19)29-34-16-25(35-29)30(2,38)18-6-4-5-17(13-18)7-10-26(36)37/h4-6,8-9,11-16,33,38H,3,7,10H2,1-2H3,(H,34,35)(H,36,37). The van der Waals surface area contributed by atoms with Gasteiger partial charge in [-0.25, -0.2) is 22.2 Å². The molecule has 5 aromatic rings. The third kappa shape index (κ3) is 5.50. The lowest BCUT2D eigenvalue weighted by Crippen LogP contribution is -2.23. The Morgan fingerprint density at radius 3 is 2.62 bits per heavy atom. The number of carboxylic acids is 1. The number of benzene rings is 3. The molecule has 0 saturated heterocycles. The van der Waals surface area contributed by atoms with Crippen LogP contribution in [0.2, 0.25) is 0 Å². The molecule has 42 heavy (non-hydrogen) atoms. The molecule has 2 heterocycles. The van der Waals surface area contributed by atoms with E-state index in [0.717, 1.165) is 17.7 Å². The highest BCUT2D eigenvalue weighted by Gasteiger charge is 2.30. The first-order chi connectivity index (χ1) is 19.9. The smallest absolute Gasteiger partial charge is 0.303 e. The van der Waals surface area contributed by atoms with Crippen molar-refractivity contribution >= 4 is 26.7 Å². The van der Waals surface area contributed by atoms with Crippen molar-refractivity contribution in [1.82, 2.24) is 15.0 Å². The van der Waals surface area contributed by atoms with Crippen LogP contribution in [0.25, 0.3) is 22.3 Å². The van der Waals surface area contributed by atoms with Crippen LogP contribution in [0, 0.1) is 11.6 Å². The summed E-state index contributed by atoms with van der Waals surface area (Å²) in [6.45, 7) is 2.96. The third-order valence-electron chi connectivity index (χ3n) is 7.04. The molecule has 0 fully saturated rings. The first kappa shape index (κ1) is 29.0. The van der Waals surface area contributed by atoms with Crippen LogP contribution in [0.4, 0.5) is 8.78 Å². The molecule has 5 rings (SSSR count). The van der Waals surface area contributed by atoms with Crippen molar-refractivity contribution < 1.29 is 36.9 Å². The molecule has 0 spiro atoms. The van der Waals surface area contributed by atoms with Crippen LogP contribution < -0.4 is 4.74 Å². The Kier molecular flexibility index (Phi) is 7.60. The Balaban J connectivity index is 1.49. The van der Waals surface area contributed by atoms with Gasteiger partial charge in [0.1, 0.15) is 27.9 Å². The van der Waals surface area contributed by atoms with E-state index in [1.807, 2.05) is 0 Å². The fraction of sp³-hybridized carbons (Fsp3) is 0.200. The van der Waals surface area contributed by atoms with Gasteiger partial charge in [-0.05, 0) is 48.7 Å². The van der Waals surface area contributed by atoms with E-state index in [2.05, 4.69) is 15.0 Å². The number of hydrogen-bond acceptors (Lipinski definition) is 6. The molecule has 0 aliphatic carbocycles. The monoisotopic (exact) mass is 595 g/mol. The number of halogens is 2. The zero-order valence-corrected chi connectivity index (χ0v) is 23.4. The highest BCUT2D eigenvalue weighted by atomic mass is 32.2. The summed E-state index contributed by atoms with van der Waals surface area (Å²) in [6.07, 6.45) is 3.06. The van der Waals surface area contributed by atoms with Crippen LogP contribution in [-0.2, 0) is 26.7 Å². The Labute approximate surface area is 239 Å². The summed E-state index contributed by atoms with van der Waals surface area (Å²) in [5, 5.41) is 20.6. The number of aliphatic carboxylic acids is 1. The highest BCUT2D eigenvalue weighted by Crippen LogP contribution is 2.39. The minimum Gasteiger partial charge on any atom is -0.481 e. The topological polar surface area (TPSA) is 145 Å². The number of aromatic amines is 2. The number of aliphatic hydroxyl groups is 1. The van der Waals surface area contributed by atoms with Gasteiger partial charge in [-0.2, -0.15) is 0 Å². The maximum Gasteiger partial charge on any atom is 0.303 e. The van der Waals surface area contributed by atoms with Gasteiger partial charge in [0.05, 0.1) is 23.2 Å². The zero-order valence-electron chi connectivity index (χ0n) is 22.6. The molecule has 0 bridgehead atoms. The van der Waals surface area contributed by atoms with Gasteiger partial charge in [-0.3, -0.25) is 4.79 Å². The van der Waals surface area contributed by atoms with Gasteiger partial charge < -0.3 is 24.9 Å². The predicted octanol–water partition coefficient (Wildman–Crippen LogP) is 5.70. The maximum atomic E-state index is 15.2. The number of carboxylic acid groups (broad SMARTS) is 1. The maximum absolute atomic E-state index is 15.2. The lowest BCUT2D eigenvalue weighted by molar-refractivity contribution is -0.136. The number of imidazole rings is 1. The fourth-order valence-corrected chi connectivity index (χ4v) is 5.90. The van der Waals surface area contributed by atoms with Gasteiger partial charge >= 0.3 is 5.97 Å². The number of nitrogens with one attached hydrogen (secondary N) is 2. The van der Waals surface area contributed by atoms with Gasteiger partial charge in [0.25, 0.3) is 0 Å². The number of hydrogen-bond donors (Lipinski definition) is 4. The molecule has 0 aliphatic heterocycles. The van der Waals surface area contributed by atoms with Gasteiger partial charge in [0, 0.05) is 29.6 Å². The number of sulfone groups is 1. The second-order valence-electron chi connectivity index (χ2n) is 9.91. The molecule has 0 radical (unpaired) electrons. The molecular formula is C30H27F2N3O6S. The van der Waals surface area contributed by atoms with Gasteiger partial charge in [0.15, 0.2) is 21.4 Å². The third-order valence-corrected chi connectivity index (χ3v) is 8.83. The molecule has 9 nitrogen and oxygen atoms in total. The summed E-state index contributed by atoms with van der Waals surface area (Å²) >= 11 is 0. The normalized spacial score (nSPS) is 13.3. The average Bonchev–Trinajstić information content (AvgIpc) is 3.63. The summed E-state index contributed by atoms with van der Waals surface area (Å²) in [6, 6.07) is 13.0. The molecule has 3 aromatic carbocycles. The number of nitrogens with zero attached hydrogens (tertiary/aromatic N) is 1. The number of rotatable bonds is 10. The second-order valence-corrected chi connectivity index (χ2v) is 12.1. The van der Waals surface area contributed by atoms with Crippen molar-refractivity contribution in [3.05, 3.63) is 95.4 Å². The van der Waals surface area contributed by atoms with Crippen LogP contribution in [0.3, 0.4) is 0 Å². The van der Waals surface area contributed by atoms with Crippen LogP contribution in [0.5, 0.6) is 11.5 Å². The molecule has 1 unspecified atom stereocenters. The average molecular weight is 596 g/mol. The number of aromatic nitrogens is 3. The van der Waals surface area contributed by atoms with Crippen LogP contribution in [0.1, 0.15) is 37.1 Å². The molecule has 12 heteroatoms. The Morgan fingerprint density at radius 1 is 1.10 bits per heavy atom. The van der Waals surface area contributed by atoms with Crippen molar-refractivity contribution in [3.63, 3.8) is 0 Å². The van der Waals surface area contributed by atoms with Crippen molar-refractivity contribution in [1.29, 1.82) is 0 Å². The SMILES string of the molecule is CCS(=O)(=O)c1c(Oc2ccc(F)c(-c3ncc(C(C)(O)c4cccc(CCC(=O)O)c4)[nH]3)c2)c(F)cc2[nH]ccc12. The van der Waals surface area contributed by atoms with Crippen LogP contribution in [0.15, 0.2) is 71.9 Å². The van der Waals surface area contributed by atoms with Gasteiger partial charge in [-0.15, -0.1) is 0 Å². The Hall–Kier alpha value is -4.55. The molecule has 1 atom stereocenters. The summed E-state index contributed by atoms with van der Waals surface area (Å²) in [5.41, 5.74) is 0.0628. The summed E-state index contributed by atoms with van der Waals surface area (Å²) in [4.78, 5) is 20.6. The van der Waals surface area contributed by atoms with Gasteiger partial charge in [0.2, 0.25) is 0 Å². The lowest BCUT2D eigenvalue weighted by Gasteiger charge is -2.23. The molecule has 2 aromatic heterocycles. The Bertz CT molecular complexity index is 1910. The van der Waals surface area contributed by atoms with E-state index in [-0.39, 0.29) is 57.2 Å². The molecule has 4 N–H and O–H groups in total. The first-order valence-electron chi connectivity index (χ1n) is 13.0. The molecular weight excluding hydrogens is 568 g/mol. The summed E-state index contributed by atoms with van der Waals surface area (Å²) in [5.74, 6) is -3.34. The largest absolute Gasteiger partial charge is 0.481 e. The number of aryl methyl sites for hydroxylation is 1. The number of H-pyrrole nitrogens is 2. The van der Waals surface area contributed by atoms with Crippen molar-refractivity contribution in [2.45, 2.75) is 37.2 Å². The number of ether oxygens (including phenoxy) is 1. The van der Waals surface area contributed by atoms with E-state index in [0.29, 0.717) is 5.56 Å². The van der Waals surface area contributed by atoms with Crippen molar-refractivity contribution in [2.24, 2.45) is 0 Å². The second kappa shape index (κ2) is 11.0. The summed E-state index contributed by atoms with van der Waals surface area (Å²) in [7, 11) is -3.92. The van der Waals surface area contributed by atoms with E-state index in [4.69, 9.17) is 9.84 Å². The van der Waals surface area contributed by atoms with Crippen molar-refractivity contribution in [3.8, 4) is 22.9 Å². The Morgan fingerprint density at radius 2 is 1.88 bits per heavy atom. The van der Waals surface area contributed by atoms with E-state index >= 15 is 4.39 Å². The van der Waals surface area contributed by atoms with E-state index < -0.39 is 38.8 Å². The highest BCUT2D eigenvalue weighted by molar-refractivity contribution is 7.91. The van der Waals surface area contributed by atoms with E-state index in [1.165, 1.54) is 44.4 Å². The van der Waals surface area contributed by atoms with Crippen molar-refractivity contribution in [2.75, 3.05) is 5.75 Å². The fourth-order valence-electron chi connectivity index (χ4n) is 4.68. The van der Waals surface area contributed by atoms with Crippen LogP contribution in [-0.4, -0.2) is 45.3 Å². The zero-order chi connectivity index (χ0) is 30.2. The molecule has 218 valence electrons. The first-order valence-corrected chi connectivity index (χ1v) is 14.6. The van der Waals surface area contributed by atoms with Crippen LogP contribution >= 0.6 is 0 Å². The number of fused-ring (bicyclic) bond motifs is 1. The molecule has 0 aliphatic rings.